The SMILES string of the molecule is O=C(C1CN(Cc2ccncc2)Cc2ccnn2C1)N1CCOCC1. The average molecular weight is 341 g/mol. The molecule has 0 aliphatic carbocycles. The molecule has 1 amide bonds. The molecule has 0 bridgehead atoms. The largest absolute Gasteiger partial charge is 0.378 e. The summed E-state index contributed by atoms with van der Waals surface area (Å²) < 4.78 is 7.36. The number of aromatic nitrogens is 3. The van der Waals surface area contributed by atoms with E-state index in [9.17, 15) is 4.79 Å². The summed E-state index contributed by atoms with van der Waals surface area (Å²) in [5.41, 5.74) is 2.37. The standard InChI is InChI=1S/C18H23N5O2/c24-18(22-7-9-25-10-8-22)16-12-21(11-15-1-4-19-5-2-15)14-17-3-6-20-23(17)13-16/h1-6,16H,7-14H2. The van der Waals surface area contributed by atoms with Gasteiger partial charge in [-0.2, -0.15) is 5.10 Å². The molecule has 0 radical (unpaired) electrons. The minimum Gasteiger partial charge on any atom is -0.378 e. The lowest BCUT2D eigenvalue weighted by atomic mass is 10.1. The summed E-state index contributed by atoms with van der Waals surface area (Å²) in [7, 11) is 0. The van der Waals surface area contributed by atoms with Crippen LogP contribution in [-0.2, 0) is 29.2 Å². The molecule has 1 saturated heterocycles. The van der Waals surface area contributed by atoms with Crippen LogP contribution >= 0.6 is 0 Å². The van der Waals surface area contributed by atoms with Crippen molar-refractivity contribution in [1.82, 2.24) is 24.6 Å². The lowest BCUT2D eigenvalue weighted by Crippen LogP contribution is -2.46. The molecule has 0 N–H and O–H groups in total. The Kier molecular flexibility index (Phi) is 4.76. The third-order valence-corrected chi connectivity index (χ3v) is 4.89. The molecule has 25 heavy (non-hydrogen) atoms. The minimum atomic E-state index is -0.0823. The summed E-state index contributed by atoms with van der Waals surface area (Å²) in [5, 5.41) is 4.42. The van der Waals surface area contributed by atoms with Gasteiger partial charge in [0.1, 0.15) is 0 Å². The molecule has 1 fully saturated rings. The predicted molar refractivity (Wildman–Crippen MR) is 91.5 cm³/mol. The third kappa shape index (κ3) is 3.72. The molecular formula is C18H23N5O2. The van der Waals surface area contributed by atoms with Crippen molar-refractivity contribution in [3.63, 3.8) is 0 Å². The molecule has 1 unspecified atom stereocenters. The van der Waals surface area contributed by atoms with Gasteiger partial charge in [0, 0.05) is 51.3 Å². The molecule has 2 aliphatic rings. The van der Waals surface area contributed by atoms with Gasteiger partial charge < -0.3 is 9.64 Å². The number of nitrogens with zero attached hydrogens (tertiary/aromatic N) is 5. The Hall–Kier alpha value is -2.25. The van der Waals surface area contributed by atoms with Gasteiger partial charge >= 0.3 is 0 Å². The fourth-order valence-corrected chi connectivity index (χ4v) is 3.60. The van der Waals surface area contributed by atoms with Gasteiger partial charge in [0.2, 0.25) is 5.91 Å². The molecule has 0 saturated carbocycles. The molecule has 1 atom stereocenters. The Morgan fingerprint density at radius 2 is 1.92 bits per heavy atom. The number of pyridine rings is 1. The maximum atomic E-state index is 13.0. The number of hydrogen-bond acceptors (Lipinski definition) is 5. The Morgan fingerprint density at radius 3 is 2.72 bits per heavy atom. The predicted octanol–water partition coefficient (Wildman–Crippen LogP) is 0.769. The van der Waals surface area contributed by atoms with Crippen molar-refractivity contribution < 1.29 is 9.53 Å². The second-order valence-corrected chi connectivity index (χ2v) is 6.66. The molecule has 2 aliphatic heterocycles. The van der Waals surface area contributed by atoms with Crippen molar-refractivity contribution in [2.24, 2.45) is 5.92 Å². The maximum Gasteiger partial charge on any atom is 0.229 e. The van der Waals surface area contributed by atoms with Crippen LogP contribution in [0.4, 0.5) is 0 Å². The van der Waals surface area contributed by atoms with E-state index in [1.54, 1.807) is 0 Å². The first-order valence-electron chi connectivity index (χ1n) is 8.78. The molecule has 2 aromatic rings. The van der Waals surface area contributed by atoms with Crippen LogP contribution < -0.4 is 0 Å². The number of amides is 1. The first-order chi connectivity index (χ1) is 12.3. The van der Waals surface area contributed by atoms with Crippen molar-refractivity contribution in [3.05, 3.63) is 48.0 Å². The minimum absolute atomic E-state index is 0.0823. The molecule has 132 valence electrons. The van der Waals surface area contributed by atoms with Gasteiger partial charge in [-0.15, -0.1) is 0 Å². The zero-order valence-electron chi connectivity index (χ0n) is 14.3. The van der Waals surface area contributed by atoms with Crippen molar-refractivity contribution in [1.29, 1.82) is 0 Å². The molecule has 7 nitrogen and oxygen atoms in total. The molecule has 0 aromatic carbocycles. The van der Waals surface area contributed by atoms with Crippen LogP contribution in [0.15, 0.2) is 36.8 Å². The van der Waals surface area contributed by atoms with Gasteiger partial charge in [0.15, 0.2) is 0 Å². The van der Waals surface area contributed by atoms with Crippen LogP contribution in [0.2, 0.25) is 0 Å². The number of carbonyl (C=O) groups excluding carboxylic acids is 1. The van der Waals surface area contributed by atoms with Crippen LogP contribution in [0.5, 0.6) is 0 Å². The van der Waals surface area contributed by atoms with Crippen molar-refractivity contribution >= 4 is 5.91 Å². The van der Waals surface area contributed by atoms with E-state index in [1.807, 2.05) is 46.4 Å². The second-order valence-electron chi connectivity index (χ2n) is 6.66. The summed E-state index contributed by atoms with van der Waals surface area (Å²) in [6, 6.07) is 6.10. The van der Waals surface area contributed by atoms with E-state index in [0.29, 0.717) is 32.8 Å². The van der Waals surface area contributed by atoms with Gasteiger partial charge in [-0.25, -0.2) is 0 Å². The van der Waals surface area contributed by atoms with E-state index < -0.39 is 0 Å². The van der Waals surface area contributed by atoms with E-state index in [1.165, 1.54) is 5.56 Å². The number of hydrogen-bond donors (Lipinski definition) is 0. The first-order valence-corrected chi connectivity index (χ1v) is 8.78. The summed E-state index contributed by atoms with van der Waals surface area (Å²) in [6.07, 6.45) is 5.45. The van der Waals surface area contributed by atoms with Crippen molar-refractivity contribution in [3.8, 4) is 0 Å². The zero-order chi connectivity index (χ0) is 17.1. The Labute approximate surface area is 147 Å². The quantitative estimate of drug-likeness (QED) is 0.825. The first kappa shape index (κ1) is 16.2. The molecule has 0 spiro atoms. The monoisotopic (exact) mass is 341 g/mol. The number of carbonyl (C=O) groups is 1. The van der Waals surface area contributed by atoms with Crippen molar-refractivity contribution in [2.75, 3.05) is 32.8 Å². The van der Waals surface area contributed by atoms with E-state index in [0.717, 1.165) is 25.3 Å². The molecule has 2 aromatic heterocycles. The van der Waals surface area contributed by atoms with Gasteiger partial charge in [-0.05, 0) is 23.8 Å². The number of fused-ring (bicyclic) bond motifs is 1. The summed E-state index contributed by atoms with van der Waals surface area (Å²) >= 11 is 0. The lowest BCUT2D eigenvalue weighted by molar-refractivity contribution is -0.140. The Morgan fingerprint density at radius 1 is 1.12 bits per heavy atom. The third-order valence-electron chi connectivity index (χ3n) is 4.89. The van der Waals surface area contributed by atoms with Gasteiger partial charge in [0.25, 0.3) is 0 Å². The highest BCUT2D eigenvalue weighted by atomic mass is 16.5. The van der Waals surface area contributed by atoms with E-state index in [-0.39, 0.29) is 11.8 Å². The van der Waals surface area contributed by atoms with Crippen LogP contribution in [0.1, 0.15) is 11.3 Å². The van der Waals surface area contributed by atoms with E-state index in [4.69, 9.17) is 4.74 Å². The van der Waals surface area contributed by atoms with Crippen LogP contribution in [0.3, 0.4) is 0 Å². The molecule has 7 heteroatoms. The van der Waals surface area contributed by atoms with Crippen molar-refractivity contribution in [2.45, 2.75) is 19.6 Å². The van der Waals surface area contributed by atoms with E-state index >= 15 is 0 Å². The number of ether oxygens (including phenoxy) is 1. The average Bonchev–Trinajstić information content (AvgIpc) is 3.01. The number of rotatable bonds is 3. The Bertz CT molecular complexity index is 711. The number of morpholine rings is 1. The fourth-order valence-electron chi connectivity index (χ4n) is 3.60. The van der Waals surface area contributed by atoms with E-state index in [2.05, 4.69) is 15.0 Å². The summed E-state index contributed by atoms with van der Waals surface area (Å²) in [6.45, 7) is 5.62. The normalized spacial score (nSPS) is 21.6. The van der Waals surface area contributed by atoms with Crippen LogP contribution in [-0.4, -0.2) is 63.3 Å². The zero-order valence-corrected chi connectivity index (χ0v) is 14.3. The van der Waals surface area contributed by atoms with Gasteiger partial charge in [0.05, 0.1) is 31.4 Å². The topological polar surface area (TPSA) is 63.5 Å². The van der Waals surface area contributed by atoms with Gasteiger partial charge in [-0.3, -0.25) is 19.4 Å². The highest BCUT2D eigenvalue weighted by molar-refractivity contribution is 5.79. The fraction of sp³-hybridized carbons (Fsp3) is 0.500. The highest BCUT2D eigenvalue weighted by Gasteiger charge is 2.31. The smallest absolute Gasteiger partial charge is 0.229 e. The molecule has 4 heterocycles. The lowest BCUT2D eigenvalue weighted by Gasteiger charge is -2.31. The molecular weight excluding hydrogens is 318 g/mol. The highest BCUT2D eigenvalue weighted by Crippen LogP contribution is 2.20. The summed E-state index contributed by atoms with van der Waals surface area (Å²) in [5.74, 6) is 0.132. The second kappa shape index (κ2) is 7.33. The van der Waals surface area contributed by atoms with Crippen LogP contribution in [0.25, 0.3) is 0 Å². The Balaban J connectivity index is 1.53. The van der Waals surface area contributed by atoms with Gasteiger partial charge in [-0.1, -0.05) is 0 Å². The summed E-state index contributed by atoms with van der Waals surface area (Å²) in [4.78, 5) is 21.4. The maximum absolute atomic E-state index is 13.0. The van der Waals surface area contributed by atoms with Crippen LogP contribution in [0, 0.1) is 5.92 Å². The molecule has 4 rings (SSSR count).